The average Bonchev–Trinajstić information content (AvgIpc) is 2.63. The predicted octanol–water partition coefficient (Wildman–Crippen LogP) is 1.29. The van der Waals surface area contributed by atoms with Gasteiger partial charge < -0.3 is 20.8 Å². The molecule has 0 aliphatic carbocycles. The number of ether oxygens (including phenoxy) is 1. The Bertz CT molecular complexity index is 395. The second-order valence-electron chi connectivity index (χ2n) is 5.23. The summed E-state index contributed by atoms with van der Waals surface area (Å²) in [6, 6.07) is 0. The maximum atomic E-state index is 11.5. The van der Waals surface area contributed by atoms with Gasteiger partial charge in [-0.15, -0.1) is 0 Å². The van der Waals surface area contributed by atoms with Gasteiger partial charge >= 0.3 is 6.09 Å². The van der Waals surface area contributed by atoms with Gasteiger partial charge in [-0.3, -0.25) is 0 Å². The Hall–Kier alpha value is -1.56. The monoisotopic (exact) mass is 254 g/mol. The van der Waals surface area contributed by atoms with Gasteiger partial charge in [-0.25, -0.2) is 9.78 Å². The van der Waals surface area contributed by atoms with Gasteiger partial charge in [0.25, 0.3) is 0 Å². The molecule has 0 aliphatic rings. The summed E-state index contributed by atoms with van der Waals surface area (Å²) in [5.41, 5.74) is 7.06. The van der Waals surface area contributed by atoms with Crippen LogP contribution >= 0.6 is 0 Å². The zero-order valence-corrected chi connectivity index (χ0v) is 11.4. The number of carbonyl (C=O) groups excluding carboxylic acids is 1. The molecule has 0 saturated carbocycles. The zero-order chi connectivity index (χ0) is 13.8. The van der Waals surface area contributed by atoms with E-state index in [4.69, 9.17) is 10.5 Å². The number of alkyl carbamates (subject to hydrolysis) is 1. The van der Waals surface area contributed by atoms with Crippen LogP contribution in [0.3, 0.4) is 0 Å². The van der Waals surface area contributed by atoms with Crippen molar-refractivity contribution in [3.8, 4) is 0 Å². The Labute approximate surface area is 107 Å². The maximum absolute atomic E-state index is 11.5. The van der Waals surface area contributed by atoms with Gasteiger partial charge in [-0.2, -0.15) is 0 Å². The quantitative estimate of drug-likeness (QED) is 0.754. The van der Waals surface area contributed by atoms with E-state index in [2.05, 4.69) is 15.3 Å². The summed E-state index contributed by atoms with van der Waals surface area (Å²) in [4.78, 5) is 18.7. The normalized spacial score (nSPS) is 13.2. The Kier molecular flexibility index (Phi) is 4.72. The SMILES string of the molecule is Cc1[nH]cnc1C(CN)CNC(=O)OC(C)(C)C. The molecule has 0 radical (unpaired) electrons. The molecule has 4 N–H and O–H groups in total. The topological polar surface area (TPSA) is 93.0 Å². The Balaban J connectivity index is 2.51. The molecule has 1 aromatic heterocycles. The van der Waals surface area contributed by atoms with E-state index in [1.165, 1.54) is 0 Å². The fraction of sp³-hybridized carbons (Fsp3) is 0.667. The number of nitrogens with two attached hydrogens (primary N) is 1. The highest BCUT2D eigenvalue weighted by Gasteiger charge is 2.19. The molecule has 6 nitrogen and oxygen atoms in total. The molecule has 0 aliphatic heterocycles. The highest BCUT2D eigenvalue weighted by atomic mass is 16.6. The smallest absolute Gasteiger partial charge is 0.407 e. The van der Waals surface area contributed by atoms with Gasteiger partial charge in [0.2, 0.25) is 0 Å². The highest BCUT2D eigenvalue weighted by Crippen LogP contribution is 2.14. The van der Waals surface area contributed by atoms with Crippen LogP contribution in [0.1, 0.15) is 38.1 Å². The largest absolute Gasteiger partial charge is 0.444 e. The molecule has 0 spiro atoms. The van der Waals surface area contributed by atoms with E-state index < -0.39 is 11.7 Å². The van der Waals surface area contributed by atoms with E-state index in [9.17, 15) is 4.79 Å². The summed E-state index contributed by atoms with van der Waals surface area (Å²) in [7, 11) is 0. The molecule has 18 heavy (non-hydrogen) atoms. The van der Waals surface area contributed by atoms with Crippen LogP contribution in [0.5, 0.6) is 0 Å². The minimum atomic E-state index is -0.495. The summed E-state index contributed by atoms with van der Waals surface area (Å²) >= 11 is 0. The van der Waals surface area contributed by atoms with E-state index in [-0.39, 0.29) is 5.92 Å². The van der Waals surface area contributed by atoms with Crippen molar-refractivity contribution in [2.75, 3.05) is 13.1 Å². The second kappa shape index (κ2) is 5.86. The van der Waals surface area contributed by atoms with Crippen molar-refractivity contribution in [3.05, 3.63) is 17.7 Å². The van der Waals surface area contributed by atoms with Crippen molar-refractivity contribution in [2.24, 2.45) is 5.73 Å². The van der Waals surface area contributed by atoms with Gasteiger partial charge in [0, 0.05) is 24.7 Å². The molecule has 1 amide bonds. The van der Waals surface area contributed by atoms with Gasteiger partial charge in [0.1, 0.15) is 5.60 Å². The van der Waals surface area contributed by atoms with E-state index in [0.29, 0.717) is 13.1 Å². The Morgan fingerprint density at radius 2 is 2.28 bits per heavy atom. The van der Waals surface area contributed by atoms with Gasteiger partial charge in [-0.1, -0.05) is 0 Å². The third-order valence-corrected chi connectivity index (χ3v) is 2.43. The standard InChI is InChI=1S/C12H22N4O2/c1-8-10(16-7-15-8)9(5-13)6-14-11(17)18-12(2,3)4/h7,9H,5-6,13H2,1-4H3,(H,14,17)(H,15,16). The number of aromatic nitrogens is 2. The van der Waals surface area contributed by atoms with E-state index >= 15 is 0 Å². The summed E-state index contributed by atoms with van der Waals surface area (Å²) in [5, 5.41) is 2.71. The number of hydrogen-bond acceptors (Lipinski definition) is 4. The van der Waals surface area contributed by atoms with Crippen molar-refractivity contribution in [1.82, 2.24) is 15.3 Å². The second-order valence-corrected chi connectivity index (χ2v) is 5.23. The van der Waals surface area contributed by atoms with Crippen LogP contribution in [-0.2, 0) is 4.74 Å². The minimum Gasteiger partial charge on any atom is -0.444 e. The fourth-order valence-corrected chi connectivity index (χ4v) is 1.59. The first kappa shape index (κ1) is 14.5. The first-order chi connectivity index (χ1) is 8.33. The molecule has 1 heterocycles. The lowest BCUT2D eigenvalue weighted by atomic mass is 10.0. The minimum absolute atomic E-state index is 0.0104. The summed E-state index contributed by atoms with van der Waals surface area (Å²) in [6.07, 6.45) is 1.19. The molecule has 1 atom stereocenters. The summed E-state index contributed by atoms with van der Waals surface area (Å²) < 4.78 is 5.16. The van der Waals surface area contributed by atoms with Crippen molar-refractivity contribution >= 4 is 6.09 Å². The predicted molar refractivity (Wildman–Crippen MR) is 69.4 cm³/mol. The Morgan fingerprint density at radius 3 is 2.72 bits per heavy atom. The number of aromatic amines is 1. The van der Waals surface area contributed by atoms with Crippen LogP contribution in [0.4, 0.5) is 4.79 Å². The first-order valence-electron chi connectivity index (χ1n) is 6.00. The van der Waals surface area contributed by atoms with Crippen molar-refractivity contribution in [3.63, 3.8) is 0 Å². The lowest BCUT2D eigenvalue weighted by molar-refractivity contribution is 0.0524. The number of H-pyrrole nitrogens is 1. The lowest BCUT2D eigenvalue weighted by Crippen LogP contribution is -2.36. The highest BCUT2D eigenvalue weighted by molar-refractivity contribution is 5.67. The third-order valence-electron chi connectivity index (χ3n) is 2.43. The van der Waals surface area contributed by atoms with Gasteiger partial charge in [0.05, 0.1) is 12.0 Å². The molecule has 102 valence electrons. The van der Waals surface area contributed by atoms with E-state index in [0.717, 1.165) is 11.4 Å². The van der Waals surface area contributed by atoms with Crippen molar-refractivity contribution in [1.29, 1.82) is 0 Å². The van der Waals surface area contributed by atoms with Gasteiger partial charge in [-0.05, 0) is 27.7 Å². The van der Waals surface area contributed by atoms with Crippen LogP contribution in [0.2, 0.25) is 0 Å². The number of amides is 1. The molecule has 1 aromatic rings. The zero-order valence-electron chi connectivity index (χ0n) is 11.4. The molecule has 0 saturated heterocycles. The van der Waals surface area contributed by atoms with Crippen LogP contribution in [0.25, 0.3) is 0 Å². The summed E-state index contributed by atoms with van der Waals surface area (Å²) in [6.45, 7) is 8.23. The molecule has 0 bridgehead atoms. The molecule has 0 fully saturated rings. The molecular formula is C12H22N4O2. The number of rotatable bonds is 4. The molecule has 6 heteroatoms. The number of imidazole rings is 1. The van der Waals surface area contributed by atoms with E-state index in [1.807, 2.05) is 27.7 Å². The van der Waals surface area contributed by atoms with Crippen molar-refractivity contribution in [2.45, 2.75) is 39.2 Å². The first-order valence-corrected chi connectivity index (χ1v) is 6.00. The number of nitrogens with one attached hydrogen (secondary N) is 2. The molecular weight excluding hydrogens is 232 g/mol. The average molecular weight is 254 g/mol. The fourth-order valence-electron chi connectivity index (χ4n) is 1.59. The van der Waals surface area contributed by atoms with Crippen LogP contribution in [0, 0.1) is 6.92 Å². The van der Waals surface area contributed by atoms with E-state index in [1.54, 1.807) is 6.33 Å². The number of nitrogens with zero attached hydrogens (tertiary/aromatic N) is 1. The van der Waals surface area contributed by atoms with Crippen molar-refractivity contribution < 1.29 is 9.53 Å². The number of aryl methyl sites for hydroxylation is 1. The molecule has 1 unspecified atom stereocenters. The maximum Gasteiger partial charge on any atom is 0.407 e. The third kappa shape index (κ3) is 4.37. The Morgan fingerprint density at radius 1 is 1.61 bits per heavy atom. The summed E-state index contributed by atoms with van der Waals surface area (Å²) in [5.74, 6) is -0.0104. The molecule has 0 aromatic carbocycles. The number of hydrogen-bond donors (Lipinski definition) is 3. The molecule has 1 rings (SSSR count). The van der Waals surface area contributed by atoms with Crippen LogP contribution in [0.15, 0.2) is 6.33 Å². The van der Waals surface area contributed by atoms with Crippen LogP contribution in [-0.4, -0.2) is 34.8 Å². The lowest BCUT2D eigenvalue weighted by Gasteiger charge is -2.21. The number of carbonyl (C=O) groups is 1. The van der Waals surface area contributed by atoms with Gasteiger partial charge in [0.15, 0.2) is 0 Å². The van der Waals surface area contributed by atoms with Crippen LogP contribution < -0.4 is 11.1 Å².